The summed E-state index contributed by atoms with van der Waals surface area (Å²) < 4.78 is 36.9. The molecule has 2 aromatic heterocycles. The van der Waals surface area contributed by atoms with Crippen LogP contribution in [-0.4, -0.2) is 19.6 Å². The van der Waals surface area contributed by atoms with Crippen molar-refractivity contribution < 1.29 is 13.0 Å². The summed E-state index contributed by atoms with van der Waals surface area (Å²) in [5, 5.41) is 0. The summed E-state index contributed by atoms with van der Waals surface area (Å²) >= 11 is 0. The highest BCUT2D eigenvalue weighted by Crippen LogP contribution is 2.31. The van der Waals surface area contributed by atoms with E-state index in [0.29, 0.717) is 33.4 Å². The molecule has 4 atom stereocenters. The molecule has 0 radical (unpaired) electrons. The zero-order valence-electron chi connectivity index (χ0n) is 21.7. The molecule has 0 aliphatic heterocycles. The van der Waals surface area contributed by atoms with Gasteiger partial charge < -0.3 is 4.42 Å². The number of nitrogens with one attached hydrogen (secondary N) is 1. The number of nitrogens with zero attached hydrogens (tertiary/aromatic N) is 2. The molecule has 38 heavy (non-hydrogen) atoms. The van der Waals surface area contributed by atoms with Crippen LogP contribution in [0.1, 0.15) is 55.8 Å². The fraction of sp³-hybridized carbons (Fsp3) is 0.300. The van der Waals surface area contributed by atoms with Crippen LogP contribution in [0.2, 0.25) is 0 Å². The summed E-state index contributed by atoms with van der Waals surface area (Å²) in [7, 11) is -3.12. The molecule has 196 valence electrons. The van der Waals surface area contributed by atoms with Gasteiger partial charge in [0.25, 0.3) is 0 Å². The van der Waals surface area contributed by atoms with Gasteiger partial charge in [-0.15, -0.1) is 0 Å². The molecular weight excluding hydrogens is 501 g/mol. The van der Waals surface area contributed by atoms with Crippen LogP contribution in [0.4, 0.5) is 10.2 Å². The summed E-state index contributed by atoms with van der Waals surface area (Å²) in [5.74, 6) is 10.5. The lowest BCUT2D eigenvalue weighted by Crippen LogP contribution is -2.19. The number of pyridine rings is 1. The van der Waals surface area contributed by atoms with Crippen molar-refractivity contribution in [2.24, 2.45) is 11.8 Å². The summed E-state index contributed by atoms with van der Waals surface area (Å²) in [4.78, 5) is 17.1. The summed E-state index contributed by atoms with van der Waals surface area (Å²) in [6.07, 6.45) is 3.61. The first kappa shape index (κ1) is 25.8. The second kappa shape index (κ2) is 10.1. The first-order valence-electron chi connectivity index (χ1n) is 12.7. The molecular formula is C30H30FN3O3S. The minimum Gasteiger partial charge on any atom is -0.408 e. The Morgan fingerprint density at radius 3 is 2.74 bits per heavy atom. The predicted octanol–water partition coefficient (Wildman–Crippen LogP) is 5.94. The minimum atomic E-state index is -3.12. The lowest BCUT2D eigenvalue weighted by Gasteiger charge is -2.16. The Labute approximate surface area is 222 Å². The fourth-order valence-corrected chi connectivity index (χ4v) is 6.58. The van der Waals surface area contributed by atoms with Crippen LogP contribution in [0.15, 0.2) is 68.7 Å². The minimum absolute atomic E-state index is 0.0995. The summed E-state index contributed by atoms with van der Waals surface area (Å²) in [6.45, 7) is 5.98. The van der Waals surface area contributed by atoms with E-state index in [2.05, 4.69) is 34.3 Å². The lowest BCUT2D eigenvalue weighted by molar-refractivity contribution is 0.489. The van der Waals surface area contributed by atoms with Gasteiger partial charge in [-0.1, -0.05) is 43.4 Å². The Morgan fingerprint density at radius 1 is 1.21 bits per heavy atom. The molecule has 1 N–H and O–H groups in total. The quantitative estimate of drug-likeness (QED) is 0.197. The molecule has 0 saturated heterocycles. The summed E-state index contributed by atoms with van der Waals surface area (Å²) in [5.41, 5.74) is 3.37. The Bertz CT molecular complexity index is 1740. The van der Waals surface area contributed by atoms with Gasteiger partial charge in [0.05, 0.1) is 26.2 Å². The van der Waals surface area contributed by atoms with Crippen molar-refractivity contribution in [1.29, 1.82) is 0 Å². The lowest BCUT2D eigenvalue weighted by atomic mass is 9.98. The van der Waals surface area contributed by atoms with Gasteiger partial charge in [0.15, 0.2) is 5.58 Å². The molecule has 3 unspecified atom stereocenters. The van der Waals surface area contributed by atoms with E-state index in [0.717, 1.165) is 17.5 Å². The normalized spacial score (nSPS) is 19.5. The Hall–Kier alpha value is -3.83. The van der Waals surface area contributed by atoms with E-state index in [4.69, 9.17) is 4.42 Å². The smallest absolute Gasteiger partial charge is 0.408 e. The van der Waals surface area contributed by atoms with Crippen LogP contribution in [0, 0.1) is 36.5 Å². The van der Waals surface area contributed by atoms with E-state index < -0.39 is 21.4 Å². The standard InChI is InChI=1S/C30H30FN3O3S/c1-19-8-5-10-23(19)15-14-22-9-6-11-24(17-22)21(3)34-25-16-20(2)27(18-26(25)37-30(34)35)38(4,36)33-29-13-7-12-28(31)32-29/h6-7,9,11-13,16-19,21,23H,4-5,8,10H2,1-3H3,(H,32,33,36)/t19?,21-,23?,38?/m1/s1. The maximum atomic E-state index is 13.5. The van der Waals surface area contributed by atoms with Gasteiger partial charge in [-0.2, -0.15) is 4.39 Å². The Kier molecular flexibility index (Phi) is 6.89. The van der Waals surface area contributed by atoms with Gasteiger partial charge >= 0.3 is 5.76 Å². The van der Waals surface area contributed by atoms with E-state index in [9.17, 15) is 13.4 Å². The molecule has 1 aliphatic rings. The molecule has 4 aromatic rings. The highest BCUT2D eigenvalue weighted by Gasteiger charge is 2.22. The van der Waals surface area contributed by atoms with E-state index >= 15 is 0 Å². The second-order valence-corrected chi connectivity index (χ2v) is 12.0. The van der Waals surface area contributed by atoms with Crippen LogP contribution in [0.5, 0.6) is 0 Å². The topological polar surface area (TPSA) is 77.1 Å². The third-order valence-electron chi connectivity index (χ3n) is 7.27. The SMILES string of the molecule is C=S(=O)(Nc1cccc(F)n1)c1cc2oc(=O)n([C@H](C)c3cccc(C#CC4CCCC4C)c3)c2cc1C. The molecule has 8 heteroatoms. The van der Waals surface area contributed by atoms with Crippen molar-refractivity contribution in [3.63, 3.8) is 0 Å². The molecule has 5 rings (SSSR count). The number of rotatable bonds is 5. The maximum absolute atomic E-state index is 13.5. The van der Waals surface area contributed by atoms with Crippen molar-refractivity contribution in [3.05, 3.63) is 87.8 Å². The van der Waals surface area contributed by atoms with Crippen molar-refractivity contribution in [3.8, 4) is 11.8 Å². The molecule has 6 nitrogen and oxygen atoms in total. The average molecular weight is 532 g/mol. The zero-order chi connectivity index (χ0) is 27.0. The number of aryl methyl sites for hydroxylation is 1. The van der Waals surface area contributed by atoms with Crippen molar-refractivity contribution >= 4 is 32.5 Å². The highest BCUT2D eigenvalue weighted by molar-refractivity contribution is 8.01. The van der Waals surface area contributed by atoms with Gasteiger partial charge in [-0.3, -0.25) is 9.29 Å². The molecule has 2 aromatic carbocycles. The van der Waals surface area contributed by atoms with Gasteiger partial charge in [-0.05, 0) is 79.9 Å². The fourth-order valence-electron chi connectivity index (χ4n) is 5.14. The summed E-state index contributed by atoms with van der Waals surface area (Å²) in [6, 6.07) is 15.1. The second-order valence-electron chi connectivity index (χ2n) is 10.0. The molecule has 1 saturated carbocycles. The number of halogens is 1. The Balaban J connectivity index is 1.48. The van der Waals surface area contributed by atoms with Crippen molar-refractivity contribution in [2.75, 3.05) is 4.72 Å². The monoisotopic (exact) mass is 531 g/mol. The molecule has 0 bridgehead atoms. The van der Waals surface area contributed by atoms with E-state index in [1.165, 1.54) is 31.0 Å². The number of anilines is 1. The number of fused-ring (bicyclic) bond motifs is 1. The van der Waals surface area contributed by atoms with E-state index in [1.807, 2.05) is 31.2 Å². The van der Waals surface area contributed by atoms with Crippen LogP contribution in [-0.2, 0) is 9.71 Å². The van der Waals surface area contributed by atoms with Crippen LogP contribution < -0.4 is 10.5 Å². The van der Waals surface area contributed by atoms with Crippen molar-refractivity contribution in [2.45, 2.75) is 51.0 Å². The molecule has 1 aliphatic carbocycles. The van der Waals surface area contributed by atoms with Crippen LogP contribution >= 0.6 is 0 Å². The zero-order valence-corrected chi connectivity index (χ0v) is 22.5. The van der Waals surface area contributed by atoms with Gasteiger partial charge in [-0.25, -0.2) is 14.0 Å². The average Bonchev–Trinajstić information content (AvgIpc) is 3.42. The largest absolute Gasteiger partial charge is 0.420 e. The Morgan fingerprint density at radius 2 is 2.00 bits per heavy atom. The number of hydrogen-bond acceptors (Lipinski definition) is 4. The molecule has 1 fully saturated rings. The third kappa shape index (κ3) is 5.11. The first-order chi connectivity index (χ1) is 18.1. The molecule has 2 heterocycles. The molecule has 0 spiro atoms. The van der Waals surface area contributed by atoms with Gasteiger partial charge in [0.2, 0.25) is 5.95 Å². The molecule has 0 amide bonds. The number of hydrogen-bond donors (Lipinski definition) is 1. The maximum Gasteiger partial charge on any atom is 0.420 e. The van der Waals surface area contributed by atoms with Gasteiger partial charge in [0.1, 0.15) is 5.82 Å². The third-order valence-corrected chi connectivity index (χ3v) is 8.96. The van der Waals surface area contributed by atoms with Gasteiger partial charge in [0, 0.05) is 17.5 Å². The predicted molar refractivity (Wildman–Crippen MR) is 150 cm³/mol. The number of benzene rings is 2. The van der Waals surface area contributed by atoms with Crippen LogP contribution in [0.3, 0.4) is 0 Å². The number of aromatic nitrogens is 2. The van der Waals surface area contributed by atoms with E-state index in [1.54, 1.807) is 23.6 Å². The highest BCUT2D eigenvalue weighted by atomic mass is 32.2. The van der Waals surface area contributed by atoms with E-state index in [-0.39, 0.29) is 11.9 Å². The van der Waals surface area contributed by atoms with Crippen LogP contribution in [0.25, 0.3) is 11.1 Å². The number of oxazole rings is 1. The van der Waals surface area contributed by atoms with Crippen molar-refractivity contribution in [1.82, 2.24) is 9.55 Å². The first-order valence-corrected chi connectivity index (χ1v) is 14.4.